The summed E-state index contributed by atoms with van der Waals surface area (Å²) in [6.07, 6.45) is 3.92. The van der Waals surface area contributed by atoms with Crippen LogP contribution in [0.2, 0.25) is 0 Å². The highest BCUT2D eigenvalue weighted by molar-refractivity contribution is 7.80. The van der Waals surface area contributed by atoms with Crippen LogP contribution in [0.1, 0.15) is 25.7 Å². The smallest absolute Gasteiger partial charge is 0.303 e. The van der Waals surface area contributed by atoms with E-state index in [1.165, 1.54) is 0 Å². The van der Waals surface area contributed by atoms with Crippen LogP contribution in [0.15, 0.2) is 0 Å². The lowest BCUT2D eigenvalue weighted by molar-refractivity contribution is 0.170. The van der Waals surface area contributed by atoms with Crippen LogP contribution in [-0.2, 0) is 13.6 Å². The van der Waals surface area contributed by atoms with Crippen molar-refractivity contribution in [2.45, 2.75) is 25.7 Å². The van der Waals surface area contributed by atoms with Crippen molar-refractivity contribution in [3.63, 3.8) is 0 Å². The predicted molar refractivity (Wildman–Crippen MR) is 55.1 cm³/mol. The molecule has 0 aromatic rings. The zero-order chi connectivity index (χ0) is 10.2. The molecule has 4 nitrogen and oxygen atoms in total. The summed E-state index contributed by atoms with van der Waals surface area (Å²) >= 11 is 4.07. The van der Waals surface area contributed by atoms with Crippen LogP contribution >= 0.6 is 20.5 Å². The summed E-state index contributed by atoms with van der Waals surface area (Å²) in [4.78, 5) is 8.82. The molecule has 0 radical (unpaired) electrons. The number of unbranched alkanes of at least 4 members (excludes halogenated alkanes) is 3. The summed E-state index contributed by atoms with van der Waals surface area (Å²) < 4.78 is 19.6. The highest BCUT2D eigenvalue weighted by atomic mass is 32.1. The number of hydrogen-bond acceptors (Lipinski definition) is 4. The van der Waals surface area contributed by atoms with Crippen molar-refractivity contribution in [2.24, 2.45) is 0 Å². The minimum atomic E-state index is -3.74. The molecule has 0 heterocycles. The molecule has 0 spiro atoms. The first-order valence-corrected chi connectivity index (χ1v) is 6.39. The molecule has 0 rings (SSSR count). The van der Waals surface area contributed by atoms with E-state index in [1.807, 2.05) is 0 Å². The summed E-state index contributed by atoms with van der Waals surface area (Å²) in [5, 5.41) is 0. The largest absolute Gasteiger partial charge is 0.471 e. The molecule has 0 aromatic carbocycles. The van der Waals surface area contributed by atoms with Crippen LogP contribution in [0, 0.1) is 0 Å². The molecule has 1 N–H and O–H groups in total. The molecule has 1 atom stereocenters. The summed E-state index contributed by atoms with van der Waals surface area (Å²) in [6, 6.07) is 0. The SMILES string of the molecule is COP(=O)(O)OCCCCCCS. The summed E-state index contributed by atoms with van der Waals surface area (Å²) in [5.41, 5.74) is 0. The third kappa shape index (κ3) is 8.78. The summed E-state index contributed by atoms with van der Waals surface area (Å²) in [7, 11) is -2.59. The van der Waals surface area contributed by atoms with E-state index in [-0.39, 0.29) is 6.61 Å². The van der Waals surface area contributed by atoms with Crippen molar-refractivity contribution in [2.75, 3.05) is 19.5 Å². The molecule has 0 aliphatic carbocycles. The van der Waals surface area contributed by atoms with Gasteiger partial charge in [-0.25, -0.2) is 4.57 Å². The van der Waals surface area contributed by atoms with Gasteiger partial charge in [0, 0.05) is 7.11 Å². The highest BCUT2D eigenvalue weighted by Crippen LogP contribution is 2.41. The summed E-state index contributed by atoms with van der Waals surface area (Å²) in [6.45, 7) is 0.272. The van der Waals surface area contributed by atoms with E-state index in [1.54, 1.807) is 0 Å². The molecule has 0 aliphatic rings. The molecule has 0 bridgehead atoms. The van der Waals surface area contributed by atoms with E-state index in [2.05, 4.69) is 21.7 Å². The van der Waals surface area contributed by atoms with Crippen molar-refractivity contribution >= 4 is 20.5 Å². The normalized spacial score (nSPS) is 15.6. The summed E-state index contributed by atoms with van der Waals surface area (Å²) in [5.74, 6) is 0.886. The van der Waals surface area contributed by atoms with Crippen molar-refractivity contribution in [1.29, 1.82) is 0 Å². The third-order valence-electron chi connectivity index (χ3n) is 1.54. The molecular formula is C7H17O4PS. The van der Waals surface area contributed by atoms with E-state index in [0.29, 0.717) is 0 Å². The maximum Gasteiger partial charge on any atom is 0.471 e. The van der Waals surface area contributed by atoms with E-state index in [0.717, 1.165) is 38.5 Å². The molecule has 6 heteroatoms. The van der Waals surface area contributed by atoms with E-state index < -0.39 is 7.82 Å². The second-order valence-corrected chi connectivity index (χ2v) is 4.63. The highest BCUT2D eigenvalue weighted by Gasteiger charge is 2.16. The second-order valence-electron chi connectivity index (χ2n) is 2.62. The lowest BCUT2D eigenvalue weighted by atomic mass is 10.2. The van der Waals surface area contributed by atoms with Gasteiger partial charge < -0.3 is 4.89 Å². The topological polar surface area (TPSA) is 55.8 Å². The van der Waals surface area contributed by atoms with Crippen LogP contribution in [0.4, 0.5) is 0 Å². The van der Waals surface area contributed by atoms with E-state index in [4.69, 9.17) is 4.89 Å². The van der Waals surface area contributed by atoms with Gasteiger partial charge in [-0.3, -0.25) is 9.05 Å². The van der Waals surface area contributed by atoms with E-state index in [9.17, 15) is 4.57 Å². The fourth-order valence-corrected chi connectivity index (χ4v) is 1.49. The van der Waals surface area contributed by atoms with Gasteiger partial charge in [0.05, 0.1) is 6.61 Å². The van der Waals surface area contributed by atoms with Crippen molar-refractivity contribution in [3.05, 3.63) is 0 Å². The lowest BCUT2D eigenvalue weighted by Gasteiger charge is -2.08. The van der Waals surface area contributed by atoms with Crippen LogP contribution in [0.3, 0.4) is 0 Å². The van der Waals surface area contributed by atoms with Gasteiger partial charge in [0.15, 0.2) is 0 Å². The van der Waals surface area contributed by atoms with Crippen molar-refractivity contribution in [1.82, 2.24) is 0 Å². The molecular weight excluding hydrogens is 211 g/mol. The minimum absolute atomic E-state index is 0.272. The molecule has 0 fully saturated rings. The fraction of sp³-hybridized carbons (Fsp3) is 1.00. The van der Waals surface area contributed by atoms with Gasteiger partial charge >= 0.3 is 7.82 Å². The molecule has 80 valence electrons. The first-order chi connectivity index (χ1) is 6.12. The Labute approximate surface area is 84.7 Å². The van der Waals surface area contributed by atoms with E-state index >= 15 is 0 Å². The monoisotopic (exact) mass is 228 g/mol. The lowest BCUT2D eigenvalue weighted by Crippen LogP contribution is -1.94. The second kappa shape index (κ2) is 7.83. The first-order valence-electron chi connectivity index (χ1n) is 4.26. The molecule has 0 aromatic heterocycles. The maximum atomic E-state index is 10.8. The van der Waals surface area contributed by atoms with Gasteiger partial charge in [-0.15, -0.1) is 0 Å². The zero-order valence-corrected chi connectivity index (χ0v) is 9.60. The van der Waals surface area contributed by atoms with Crippen LogP contribution < -0.4 is 0 Å². The number of thiol groups is 1. The Morgan fingerprint density at radius 3 is 2.46 bits per heavy atom. The predicted octanol–water partition coefficient (Wildman–Crippen LogP) is 2.24. The quantitative estimate of drug-likeness (QED) is 0.380. The molecule has 13 heavy (non-hydrogen) atoms. The van der Waals surface area contributed by atoms with Gasteiger partial charge in [-0.2, -0.15) is 12.6 Å². The molecule has 1 unspecified atom stereocenters. The average Bonchev–Trinajstić information content (AvgIpc) is 2.11. The first kappa shape index (κ1) is 13.5. The standard InChI is InChI=1S/C7H17O4PS/c1-10-12(8,9)11-6-4-2-3-5-7-13/h13H,2-7H2,1H3,(H,8,9). The van der Waals surface area contributed by atoms with Crippen LogP contribution in [0.25, 0.3) is 0 Å². The minimum Gasteiger partial charge on any atom is -0.303 e. The molecule has 0 aliphatic heterocycles. The third-order valence-corrected chi connectivity index (χ3v) is 2.82. The van der Waals surface area contributed by atoms with Crippen molar-refractivity contribution < 1.29 is 18.5 Å². The van der Waals surface area contributed by atoms with Gasteiger partial charge in [-0.1, -0.05) is 12.8 Å². The Hall–Kier alpha value is 0.460. The Kier molecular flexibility index (Phi) is 8.10. The zero-order valence-electron chi connectivity index (χ0n) is 7.81. The van der Waals surface area contributed by atoms with Gasteiger partial charge in [0.1, 0.15) is 0 Å². The Bertz CT molecular complexity index is 165. The van der Waals surface area contributed by atoms with Crippen LogP contribution in [-0.4, -0.2) is 24.4 Å². The maximum absolute atomic E-state index is 10.8. The Morgan fingerprint density at radius 1 is 1.31 bits per heavy atom. The molecule has 0 saturated heterocycles. The molecule has 0 saturated carbocycles. The van der Waals surface area contributed by atoms with Gasteiger partial charge in [0.2, 0.25) is 0 Å². The Balaban J connectivity index is 3.21. The number of hydrogen-bond donors (Lipinski definition) is 2. The van der Waals surface area contributed by atoms with Gasteiger partial charge in [-0.05, 0) is 18.6 Å². The Morgan fingerprint density at radius 2 is 1.92 bits per heavy atom. The van der Waals surface area contributed by atoms with Crippen molar-refractivity contribution in [3.8, 4) is 0 Å². The number of phosphoric ester groups is 1. The number of rotatable bonds is 8. The fourth-order valence-electron chi connectivity index (χ4n) is 0.800. The molecule has 0 amide bonds. The van der Waals surface area contributed by atoms with Gasteiger partial charge in [0.25, 0.3) is 0 Å². The van der Waals surface area contributed by atoms with Crippen LogP contribution in [0.5, 0.6) is 0 Å². The number of phosphoric acid groups is 1. The average molecular weight is 228 g/mol.